The van der Waals surface area contributed by atoms with Crippen molar-refractivity contribution in [2.75, 3.05) is 5.32 Å². The summed E-state index contributed by atoms with van der Waals surface area (Å²) in [4.78, 5) is 11.1. The summed E-state index contributed by atoms with van der Waals surface area (Å²) < 4.78 is 27.5. The Balaban J connectivity index is 2.32. The number of rotatable bonds is 3. The van der Waals surface area contributed by atoms with Crippen molar-refractivity contribution in [2.45, 2.75) is 23.5 Å². The lowest BCUT2D eigenvalue weighted by Gasteiger charge is -2.19. The summed E-state index contributed by atoms with van der Waals surface area (Å²) in [5, 5.41) is 11.2. The van der Waals surface area contributed by atoms with Crippen molar-refractivity contribution < 1.29 is 18.3 Å². The molecule has 19 heavy (non-hydrogen) atoms. The zero-order chi connectivity index (χ0) is 14.0. The summed E-state index contributed by atoms with van der Waals surface area (Å²) in [6, 6.07) is 6.38. The molecule has 6 nitrogen and oxygen atoms in total. The van der Waals surface area contributed by atoms with Crippen molar-refractivity contribution in [3.63, 3.8) is 0 Å². The average Bonchev–Trinajstić information content (AvgIpc) is 2.35. The number of thioether (sulfide) groups is 1. The third-order valence-corrected chi connectivity index (χ3v) is 5.20. The van der Waals surface area contributed by atoms with Gasteiger partial charge < -0.3 is 10.4 Å². The molecule has 1 heterocycles. The number of para-hydroxylation sites is 1. The lowest BCUT2D eigenvalue weighted by molar-refractivity contribution is -0.136. The largest absolute Gasteiger partial charge is 0.480 e. The predicted molar refractivity (Wildman–Crippen MR) is 74.0 cm³/mol. The molecule has 1 aliphatic heterocycles. The van der Waals surface area contributed by atoms with Gasteiger partial charge in [-0.15, -0.1) is 4.40 Å². The Kier molecular flexibility index (Phi) is 3.81. The van der Waals surface area contributed by atoms with Crippen LogP contribution in [0.1, 0.15) is 13.3 Å². The number of anilines is 1. The van der Waals surface area contributed by atoms with Crippen LogP contribution in [0.3, 0.4) is 0 Å². The Morgan fingerprint density at radius 3 is 2.79 bits per heavy atom. The number of amidine groups is 1. The summed E-state index contributed by atoms with van der Waals surface area (Å²) in [5.74, 6) is -0.992. The fraction of sp³-hybridized carbons (Fsp3) is 0.273. The summed E-state index contributed by atoms with van der Waals surface area (Å²) >= 11 is 0.900. The highest BCUT2D eigenvalue weighted by molar-refractivity contribution is 8.15. The quantitative estimate of drug-likeness (QED) is 0.883. The monoisotopic (exact) mass is 300 g/mol. The molecule has 0 spiro atoms. The van der Waals surface area contributed by atoms with Crippen molar-refractivity contribution in [1.82, 2.24) is 0 Å². The molecule has 0 aliphatic carbocycles. The molecule has 0 bridgehead atoms. The normalized spacial score (nSPS) is 17.8. The van der Waals surface area contributed by atoms with Gasteiger partial charge in [-0.3, -0.25) is 4.79 Å². The Bertz CT molecular complexity index is 640. The zero-order valence-electron chi connectivity index (χ0n) is 10.0. The molecule has 1 aromatic rings. The molecule has 1 aromatic carbocycles. The van der Waals surface area contributed by atoms with Crippen LogP contribution < -0.4 is 5.32 Å². The van der Waals surface area contributed by atoms with Crippen LogP contribution in [-0.2, 0) is 14.8 Å². The van der Waals surface area contributed by atoms with E-state index < -0.39 is 21.2 Å². The number of aliphatic carboxylic acids is 1. The zero-order valence-corrected chi connectivity index (χ0v) is 11.7. The van der Waals surface area contributed by atoms with Gasteiger partial charge in [0.2, 0.25) is 0 Å². The minimum atomic E-state index is -3.76. The van der Waals surface area contributed by atoms with Crippen LogP contribution in [0.15, 0.2) is 33.6 Å². The number of benzene rings is 1. The maximum absolute atomic E-state index is 11.9. The van der Waals surface area contributed by atoms with E-state index in [-0.39, 0.29) is 10.1 Å². The van der Waals surface area contributed by atoms with Gasteiger partial charge in [0, 0.05) is 0 Å². The highest BCUT2D eigenvalue weighted by Gasteiger charge is 2.27. The van der Waals surface area contributed by atoms with E-state index in [0.717, 1.165) is 11.8 Å². The number of sulfonamides is 1. The highest BCUT2D eigenvalue weighted by Crippen LogP contribution is 2.30. The lowest BCUT2D eigenvalue weighted by Crippen LogP contribution is -2.24. The van der Waals surface area contributed by atoms with E-state index in [1.165, 1.54) is 6.07 Å². The molecule has 0 saturated carbocycles. The van der Waals surface area contributed by atoms with E-state index in [1.807, 2.05) is 0 Å². The third kappa shape index (κ3) is 2.90. The second kappa shape index (κ2) is 5.22. The average molecular weight is 300 g/mol. The second-order valence-electron chi connectivity index (χ2n) is 3.85. The molecule has 0 fully saturated rings. The van der Waals surface area contributed by atoms with Crippen molar-refractivity contribution in [3.8, 4) is 0 Å². The van der Waals surface area contributed by atoms with Crippen LogP contribution in [0.4, 0.5) is 5.69 Å². The lowest BCUT2D eigenvalue weighted by atomic mass is 10.3. The van der Waals surface area contributed by atoms with Gasteiger partial charge in [-0.1, -0.05) is 30.8 Å². The number of carbonyl (C=O) groups is 1. The molecular weight excluding hydrogens is 288 g/mol. The number of nitrogens with zero attached hydrogens (tertiary/aromatic N) is 1. The van der Waals surface area contributed by atoms with Crippen molar-refractivity contribution in [3.05, 3.63) is 24.3 Å². The van der Waals surface area contributed by atoms with Crippen LogP contribution in [0.5, 0.6) is 0 Å². The molecule has 0 radical (unpaired) electrons. The standard InChI is InChI=1S/C11H12N2O4S2/c1-2-8(10(14)15)18-11-12-7-5-3-4-6-9(7)19(16,17)13-11/h3-6,8H,2H2,1H3,(H,12,13)(H,14,15). The van der Waals surface area contributed by atoms with Crippen LogP contribution in [0.2, 0.25) is 0 Å². The molecule has 1 aliphatic rings. The highest BCUT2D eigenvalue weighted by atomic mass is 32.2. The van der Waals surface area contributed by atoms with Gasteiger partial charge in [0.05, 0.1) is 5.69 Å². The fourth-order valence-electron chi connectivity index (χ4n) is 1.59. The number of carboxylic acids is 1. The smallest absolute Gasteiger partial charge is 0.317 e. The molecule has 102 valence electrons. The van der Waals surface area contributed by atoms with E-state index in [4.69, 9.17) is 5.11 Å². The van der Waals surface area contributed by atoms with Gasteiger partial charge in [0.25, 0.3) is 10.0 Å². The second-order valence-corrected chi connectivity index (χ2v) is 6.61. The SMILES string of the molecule is CCC(SC1=NS(=O)(=O)c2ccccc2N1)C(=O)O. The Morgan fingerprint density at radius 2 is 2.16 bits per heavy atom. The van der Waals surface area contributed by atoms with E-state index in [2.05, 4.69) is 9.71 Å². The maximum atomic E-state index is 11.9. The molecule has 0 saturated heterocycles. The molecule has 1 unspecified atom stereocenters. The number of nitrogens with one attached hydrogen (secondary N) is 1. The molecule has 1 atom stereocenters. The number of hydrogen-bond acceptors (Lipinski definition) is 5. The summed E-state index contributed by atoms with van der Waals surface area (Å²) in [7, 11) is -3.76. The third-order valence-electron chi connectivity index (χ3n) is 2.51. The predicted octanol–water partition coefficient (Wildman–Crippen LogP) is 1.75. The van der Waals surface area contributed by atoms with Crippen LogP contribution in [0.25, 0.3) is 0 Å². The summed E-state index contributed by atoms with van der Waals surface area (Å²) in [6.07, 6.45) is 0.377. The maximum Gasteiger partial charge on any atom is 0.317 e. The first-order valence-corrected chi connectivity index (χ1v) is 7.86. The Morgan fingerprint density at radius 1 is 1.47 bits per heavy atom. The molecular formula is C11H12N2O4S2. The molecule has 0 aromatic heterocycles. The van der Waals surface area contributed by atoms with Crippen molar-refractivity contribution >= 4 is 38.6 Å². The fourth-order valence-corrected chi connectivity index (χ4v) is 3.77. The van der Waals surface area contributed by atoms with Gasteiger partial charge in [0.15, 0.2) is 5.17 Å². The molecule has 0 amide bonds. The van der Waals surface area contributed by atoms with Crippen LogP contribution >= 0.6 is 11.8 Å². The van der Waals surface area contributed by atoms with Gasteiger partial charge in [-0.25, -0.2) is 0 Å². The van der Waals surface area contributed by atoms with E-state index in [0.29, 0.717) is 12.1 Å². The first-order chi connectivity index (χ1) is 8.94. The number of fused-ring (bicyclic) bond motifs is 1. The topological polar surface area (TPSA) is 95.8 Å². The Hall–Kier alpha value is -1.54. The summed E-state index contributed by atoms with van der Waals surface area (Å²) in [6.45, 7) is 1.72. The van der Waals surface area contributed by atoms with Crippen molar-refractivity contribution in [1.29, 1.82) is 0 Å². The van der Waals surface area contributed by atoms with Gasteiger partial charge in [-0.05, 0) is 18.6 Å². The van der Waals surface area contributed by atoms with E-state index >= 15 is 0 Å². The van der Waals surface area contributed by atoms with E-state index in [1.54, 1.807) is 25.1 Å². The number of hydrogen-bond donors (Lipinski definition) is 2. The molecule has 2 N–H and O–H groups in total. The Labute approximate surface area is 115 Å². The van der Waals surface area contributed by atoms with Gasteiger partial charge >= 0.3 is 5.97 Å². The minimum Gasteiger partial charge on any atom is -0.480 e. The van der Waals surface area contributed by atoms with Crippen molar-refractivity contribution in [2.24, 2.45) is 4.40 Å². The first kappa shape index (κ1) is 13.9. The van der Waals surface area contributed by atoms with Crippen LogP contribution in [-0.4, -0.2) is 29.9 Å². The van der Waals surface area contributed by atoms with Gasteiger partial charge in [0.1, 0.15) is 10.1 Å². The minimum absolute atomic E-state index is 0.0907. The van der Waals surface area contributed by atoms with E-state index in [9.17, 15) is 13.2 Å². The van der Waals surface area contributed by atoms with Gasteiger partial charge in [-0.2, -0.15) is 8.42 Å². The summed E-state index contributed by atoms with van der Waals surface area (Å²) in [5.41, 5.74) is 0.417. The van der Waals surface area contributed by atoms with Crippen LogP contribution in [0, 0.1) is 0 Å². The molecule has 2 rings (SSSR count). The first-order valence-electron chi connectivity index (χ1n) is 5.54. The number of carboxylic acid groups (broad SMARTS) is 1. The molecule has 8 heteroatoms.